The molecule has 0 nitrogen and oxygen atoms in total. The molecule has 0 saturated heterocycles. The van der Waals surface area contributed by atoms with Crippen LogP contribution in [0.2, 0.25) is 0 Å². The summed E-state index contributed by atoms with van der Waals surface area (Å²) in [4.78, 5) is 0. The smallest absolute Gasteiger partial charge is 0.0126 e. The molecule has 0 fully saturated rings. The van der Waals surface area contributed by atoms with Crippen LogP contribution in [0.4, 0.5) is 0 Å². The molecular formula is C22H30. The molecule has 22 heavy (non-hydrogen) atoms. The van der Waals surface area contributed by atoms with Gasteiger partial charge >= 0.3 is 0 Å². The fraction of sp³-hybridized carbons (Fsp3) is 0.455. The van der Waals surface area contributed by atoms with Gasteiger partial charge < -0.3 is 0 Å². The molecule has 2 aromatic rings. The Morgan fingerprint density at radius 1 is 0.636 bits per heavy atom. The SMILES string of the molecule is Cc1ccc(C)c(-c2cc(C(C)(C)C)ccc2C(C)(C)C)c1. The number of hydrogen-bond acceptors (Lipinski definition) is 0. The summed E-state index contributed by atoms with van der Waals surface area (Å²) in [5.41, 5.74) is 8.57. The summed E-state index contributed by atoms with van der Waals surface area (Å²) in [6.07, 6.45) is 0. The molecule has 0 aliphatic heterocycles. The molecule has 0 saturated carbocycles. The van der Waals surface area contributed by atoms with Gasteiger partial charge in [-0.1, -0.05) is 83.5 Å². The largest absolute Gasteiger partial charge is 0.0590 e. The van der Waals surface area contributed by atoms with Crippen molar-refractivity contribution in [1.82, 2.24) is 0 Å². The summed E-state index contributed by atoms with van der Waals surface area (Å²) in [6, 6.07) is 13.8. The van der Waals surface area contributed by atoms with Gasteiger partial charge in [0.1, 0.15) is 0 Å². The van der Waals surface area contributed by atoms with Gasteiger partial charge in [-0.05, 0) is 52.5 Å². The third-order valence-corrected chi connectivity index (χ3v) is 4.38. The van der Waals surface area contributed by atoms with E-state index in [-0.39, 0.29) is 10.8 Å². The maximum atomic E-state index is 2.41. The van der Waals surface area contributed by atoms with Gasteiger partial charge in [-0.25, -0.2) is 0 Å². The average molecular weight is 294 g/mol. The van der Waals surface area contributed by atoms with Crippen molar-refractivity contribution in [1.29, 1.82) is 0 Å². The lowest BCUT2D eigenvalue weighted by molar-refractivity contribution is 0.578. The lowest BCUT2D eigenvalue weighted by Crippen LogP contribution is -2.16. The summed E-state index contributed by atoms with van der Waals surface area (Å²) in [5, 5.41) is 0. The Labute approximate surface area is 136 Å². The normalized spacial score (nSPS) is 12.5. The van der Waals surface area contributed by atoms with Crippen LogP contribution < -0.4 is 0 Å². The molecule has 0 atom stereocenters. The topological polar surface area (TPSA) is 0 Å². The van der Waals surface area contributed by atoms with Crippen LogP contribution in [0.25, 0.3) is 11.1 Å². The maximum Gasteiger partial charge on any atom is -0.0126 e. The monoisotopic (exact) mass is 294 g/mol. The van der Waals surface area contributed by atoms with Crippen LogP contribution in [0.3, 0.4) is 0 Å². The van der Waals surface area contributed by atoms with Crippen LogP contribution in [0.15, 0.2) is 36.4 Å². The standard InChI is InChI=1S/C22H30/c1-15-9-10-16(2)18(13-15)19-14-17(21(3,4)5)11-12-20(19)22(6,7)8/h9-14H,1-8H3. The zero-order valence-electron chi connectivity index (χ0n) is 15.5. The second-order valence-electron chi connectivity index (χ2n) is 8.58. The van der Waals surface area contributed by atoms with Crippen LogP contribution in [-0.2, 0) is 10.8 Å². The molecule has 0 N–H and O–H groups in total. The van der Waals surface area contributed by atoms with Crippen LogP contribution in [0.1, 0.15) is 63.8 Å². The third-order valence-electron chi connectivity index (χ3n) is 4.38. The van der Waals surface area contributed by atoms with Crippen molar-refractivity contribution in [2.45, 2.75) is 66.2 Å². The van der Waals surface area contributed by atoms with E-state index in [9.17, 15) is 0 Å². The molecule has 0 aliphatic carbocycles. The zero-order chi connectivity index (χ0) is 16.7. The van der Waals surface area contributed by atoms with E-state index in [1.54, 1.807) is 0 Å². The molecule has 0 amide bonds. The number of aryl methyl sites for hydroxylation is 2. The van der Waals surface area contributed by atoms with Gasteiger partial charge in [0, 0.05) is 0 Å². The summed E-state index contributed by atoms with van der Waals surface area (Å²) < 4.78 is 0. The van der Waals surface area contributed by atoms with Gasteiger partial charge in [-0.2, -0.15) is 0 Å². The Kier molecular flexibility index (Phi) is 4.26. The average Bonchev–Trinajstić information content (AvgIpc) is 2.39. The van der Waals surface area contributed by atoms with E-state index >= 15 is 0 Å². The molecule has 0 radical (unpaired) electrons. The van der Waals surface area contributed by atoms with Gasteiger partial charge in [0.05, 0.1) is 0 Å². The molecular weight excluding hydrogens is 264 g/mol. The lowest BCUT2D eigenvalue weighted by atomic mass is 9.77. The predicted molar refractivity (Wildman–Crippen MR) is 98.8 cm³/mol. The van der Waals surface area contributed by atoms with Crippen LogP contribution in [-0.4, -0.2) is 0 Å². The molecule has 2 aromatic carbocycles. The highest BCUT2D eigenvalue weighted by molar-refractivity contribution is 5.73. The van der Waals surface area contributed by atoms with Crippen molar-refractivity contribution in [3.05, 3.63) is 58.7 Å². The Balaban J connectivity index is 2.78. The number of benzene rings is 2. The first-order valence-corrected chi connectivity index (χ1v) is 8.23. The van der Waals surface area contributed by atoms with E-state index in [4.69, 9.17) is 0 Å². The maximum absolute atomic E-state index is 2.41. The number of rotatable bonds is 1. The Morgan fingerprint density at radius 2 is 1.27 bits per heavy atom. The Hall–Kier alpha value is -1.56. The van der Waals surface area contributed by atoms with E-state index in [2.05, 4.69) is 91.8 Å². The van der Waals surface area contributed by atoms with Gasteiger partial charge in [0.2, 0.25) is 0 Å². The lowest BCUT2D eigenvalue weighted by Gasteiger charge is -2.27. The van der Waals surface area contributed by atoms with E-state index in [0.717, 1.165) is 0 Å². The van der Waals surface area contributed by atoms with Gasteiger partial charge in [0.15, 0.2) is 0 Å². The first-order chi connectivity index (χ1) is 10.00. The minimum absolute atomic E-state index is 0.141. The quantitative estimate of drug-likeness (QED) is 0.558. The van der Waals surface area contributed by atoms with Crippen LogP contribution in [0.5, 0.6) is 0 Å². The first-order valence-electron chi connectivity index (χ1n) is 8.23. The molecule has 0 bridgehead atoms. The second kappa shape index (κ2) is 5.57. The fourth-order valence-electron chi connectivity index (χ4n) is 2.91. The van der Waals surface area contributed by atoms with Crippen LogP contribution in [0, 0.1) is 13.8 Å². The predicted octanol–water partition coefficient (Wildman–Crippen LogP) is 6.57. The van der Waals surface area contributed by atoms with Crippen molar-refractivity contribution >= 4 is 0 Å². The molecule has 0 heterocycles. The highest BCUT2D eigenvalue weighted by Gasteiger charge is 2.22. The Bertz CT molecular complexity index is 676. The highest BCUT2D eigenvalue weighted by Crippen LogP contribution is 2.37. The summed E-state index contributed by atoms with van der Waals surface area (Å²) in [5.74, 6) is 0. The van der Waals surface area contributed by atoms with E-state index < -0.39 is 0 Å². The van der Waals surface area contributed by atoms with Crippen molar-refractivity contribution < 1.29 is 0 Å². The van der Waals surface area contributed by atoms with Gasteiger partial charge in [0.25, 0.3) is 0 Å². The minimum atomic E-state index is 0.141. The third kappa shape index (κ3) is 3.43. The number of hydrogen-bond donors (Lipinski definition) is 0. The molecule has 0 aromatic heterocycles. The van der Waals surface area contributed by atoms with E-state index in [1.165, 1.54) is 33.4 Å². The minimum Gasteiger partial charge on any atom is -0.0590 e. The fourth-order valence-corrected chi connectivity index (χ4v) is 2.91. The molecule has 118 valence electrons. The summed E-state index contributed by atoms with van der Waals surface area (Å²) in [6.45, 7) is 18.1. The van der Waals surface area contributed by atoms with Crippen molar-refractivity contribution in [2.24, 2.45) is 0 Å². The molecule has 0 unspecified atom stereocenters. The Morgan fingerprint density at radius 3 is 1.82 bits per heavy atom. The van der Waals surface area contributed by atoms with Gasteiger partial charge in [-0.15, -0.1) is 0 Å². The molecule has 0 heteroatoms. The second-order valence-corrected chi connectivity index (χ2v) is 8.58. The molecule has 0 aliphatic rings. The summed E-state index contributed by atoms with van der Waals surface area (Å²) in [7, 11) is 0. The first kappa shape index (κ1) is 16.8. The molecule has 0 spiro atoms. The van der Waals surface area contributed by atoms with E-state index in [0.29, 0.717) is 0 Å². The zero-order valence-corrected chi connectivity index (χ0v) is 15.5. The van der Waals surface area contributed by atoms with Crippen molar-refractivity contribution in [3.8, 4) is 11.1 Å². The van der Waals surface area contributed by atoms with Crippen molar-refractivity contribution in [3.63, 3.8) is 0 Å². The van der Waals surface area contributed by atoms with E-state index in [1.807, 2.05) is 0 Å². The van der Waals surface area contributed by atoms with Crippen molar-refractivity contribution in [2.75, 3.05) is 0 Å². The molecule has 2 rings (SSSR count). The summed E-state index contributed by atoms with van der Waals surface area (Å²) >= 11 is 0. The van der Waals surface area contributed by atoms with Crippen LogP contribution >= 0.6 is 0 Å². The van der Waals surface area contributed by atoms with Gasteiger partial charge in [-0.3, -0.25) is 0 Å². The highest BCUT2D eigenvalue weighted by atomic mass is 14.3.